The molecule has 0 unspecified atom stereocenters. The molecule has 9 nitrogen and oxygen atoms in total. The van der Waals surface area contributed by atoms with Crippen LogP contribution < -0.4 is 15.5 Å². The molecule has 1 fully saturated rings. The van der Waals surface area contributed by atoms with Gasteiger partial charge in [-0.05, 0) is 95.1 Å². The van der Waals surface area contributed by atoms with Crippen LogP contribution >= 0.6 is 0 Å². The first-order valence-corrected chi connectivity index (χ1v) is 16.2. The van der Waals surface area contributed by atoms with E-state index in [-0.39, 0.29) is 11.8 Å². The van der Waals surface area contributed by atoms with Crippen molar-refractivity contribution in [3.63, 3.8) is 0 Å². The van der Waals surface area contributed by atoms with Gasteiger partial charge in [-0.3, -0.25) is 0 Å². The van der Waals surface area contributed by atoms with E-state index < -0.39 is 30.0 Å². The van der Waals surface area contributed by atoms with E-state index >= 15 is 0 Å². The lowest BCUT2D eigenvalue weighted by Gasteiger charge is -2.32. The summed E-state index contributed by atoms with van der Waals surface area (Å²) in [5.41, 5.74) is 4.90. The highest BCUT2D eigenvalue weighted by Gasteiger charge is 2.51. The molecule has 6 rings (SSSR count). The maximum absolute atomic E-state index is 12.2. The number of imidazole rings is 1. The third-order valence-corrected chi connectivity index (χ3v) is 9.40. The number of nitrogens with zero attached hydrogens (tertiary/aromatic N) is 1. The van der Waals surface area contributed by atoms with Gasteiger partial charge in [0.25, 0.3) is 0 Å². The Hall–Kier alpha value is -3.60. The number of hydrogen-bond acceptors (Lipinski definition) is 7. The van der Waals surface area contributed by atoms with E-state index in [1.165, 1.54) is 0 Å². The number of nitrogens with one attached hydrogen (secondary N) is 2. The summed E-state index contributed by atoms with van der Waals surface area (Å²) in [6.07, 6.45) is 0.361. The number of carbonyl (C=O) groups excluding carboxylic acids is 1. The quantitative estimate of drug-likeness (QED) is 0.206. The fourth-order valence-corrected chi connectivity index (χ4v) is 6.28. The number of rotatable bonds is 8. The number of H-pyrrole nitrogens is 1. The van der Waals surface area contributed by atoms with Gasteiger partial charge in [0.2, 0.25) is 0 Å². The second-order valence-electron chi connectivity index (χ2n) is 14.8. The average Bonchev–Trinajstić information content (AvgIpc) is 3.51. The van der Waals surface area contributed by atoms with Gasteiger partial charge in [-0.2, -0.15) is 0 Å². The van der Waals surface area contributed by atoms with Gasteiger partial charge in [-0.25, -0.2) is 9.78 Å². The lowest BCUT2D eigenvalue weighted by Crippen LogP contribution is -2.41. The number of benzene rings is 3. The van der Waals surface area contributed by atoms with Crippen molar-refractivity contribution in [2.75, 3.05) is 20.3 Å². The number of fused-ring (bicyclic) bond motifs is 6. The van der Waals surface area contributed by atoms with Crippen LogP contribution in [0.25, 0.3) is 32.9 Å². The summed E-state index contributed by atoms with van der Waals surface area (Å²) >= 11 is 0. The minimum atomic E-state index is -0.544. The molecule has 1 aromatic heterocycles. The van der Waals surface area contributed by atoms with Crippen molar-refractivity contribution in [1.29, 1.82) is 0 Å². The molecule has 10 heteroatoms. The maximum atomic E-state index is 12.2. The van der Waals surface area contributed by atoms with Crippen LogP contribution in [0, 0.1) is 5.92 Å². The van der Waals surface area contributed by atoms with E-state index in [0.717, 1.165) is 62.0 Å². The minimum absolute atomic E-state index is 0.100. The number of amides is 1. The summed E-state index contributed by atoms with van der Waals surface area (Å²) in [4.78, 5) is 20.9. The largest absolute Gasteiger partial charge is 0.494 e. The molecule has 2 N–H and O–H groups in total. The van der Waals surface area contributed by atoms with Crippen molar-refractivity contribution in [2.45, 2.75) is 91.1 Å². The molecule has 4 aromatic rings. The van der Waals surface area contributed by atoms with E-state index in [4.69, 9.17) is 28.5 Å². The van der Waals surface area contributed by atoms with Crippen molar-refractivity contribution in [2.24, 2.45) is 5.92 Å². The molecule has 0 radical (unpaired) electrons. The van der Waals surface area contributed by atoms with Crippen molar-refractivity contribution in [3.05, 3.63) is 53.9 Å². The summed E-state index contributed by atoms with van der Waals surface area (Å²) in [5, 5.41) is 5.04. The summed E-state index contributed by atoms with van der Waals surface area (Å²) < 4.78 is 29.8. The second-order valence-corrected chi connectivity index (χ2v) is 14.8. The Morgan fingerprint density at radius 1 is 1.07 bits per heavy atom. The number of alkyl carbamates (subject to hydrolysis) is 1. The number of methoxy groups -OCH3 is 1. The minimum Gasteiger partial charge on any atom is -0.488 e. The van der Waals surface area contributed by atoms with Crippen LogP contribution in [0.5, 0.6) is 5.75 Å². The predicted octanol–water partition coefficient (Wildman–Crippen LogP) is 6.86. The first-order chi connectivity index (χ1) is 21.6. The first-order valence-electron chi connectivity index (χ1n) is 16.2. The van der Waals surface area contributed by atoms with Crippen molar-refractivity contribution in [3.8, 4) is 16.9 Å². The van der Waals surface area contributed by atoms with Gasteiger partial charge in [0.1, 0.15) is 23.8 Å². The zero-order valence-corrected chi connectivity index (χ0v) is 28.5. The van der Waals surface area contributed by atoms with Crippen LogP contribution in [0.4, 0.5) is 4.79 Å². The first kappa shape index (κ1) is 32.3. The van der Waals surface area contributed by atoms with E-state index in [1.54, 1.807) is 7.11 Å². The zero-order chi connectivity index (χ0) is 33.0. The molecule has 0 aliphatic carbocycles. The Kier molecular flexibility index (Phi) is 8.36. The van der Waals surface area contributed by atoms with Crippen molar-refractivity contribution in [1.82, 2.24) is 15.3 Å². The van der Waals surface area contributed by atoms with Crippen LogP contribution in [0.3, 0.4) is 0 Å². The van der Waals surface area contributed by atoms with E-state index in [2.05, 4.69) is 87.4 Å². The van der Waals surface area contributed by atoms with Crippen LogP contribution in [0.1, 0.15) is 79.1 Å². The lowest BCUT2D eigenvalue weighted by atomic mass is 9.77. The Morgan fingerprint density at radius 3 is 2.50 bits per heavy atom. The Balaban J connectivity index is 1.23. The smallest absolute Gasteiger partial charge is 0.488 e. The molecule has 2 atom stereocenters. The van der Waals surface area contributed by atoms with Gasteiger partial charge < -0.3 is 33.8 Å². The average molecular weight is 628 g/mol. The zero-order valence-electron chi connectivity index (χ0n) is 28.5. The van der Waals surface area contributed by atoms with Crippen LogP contribution in [-0.2, 0) is 25.4 Å². The summed E-state index contributed by atoms with van der Waals surface area (Å²) in [6.45, 7) is 17.4. The second kappa shape index (κ2) is 11.9. The van der Waals surface area contributed by atoms with Gasteiger partial charge in [0.05, 0.1) is 28.8 Å². The highest BCUT2D eigenvalue weighted by molar-refractivity contribution is 6.62. The van der Waals surface area contributed by atoms with Gasteiger partial charge >= 0.3 is 13.2 Å². The molecule has 1 saturated heterocycles. The topological polar surface area (TPSA) is 104 Å². The number of carbonyl (C=O) groups is 1. The van der Waals surface area contributed by atoms with Crippen molar-refractivity contribution >= 4 is 40.5 Å². The molecular formula is C36H46BN3O6. The maximum Gasteiger partial charge on any atom is 0.494 e. The van der Waals surface area contributed by atoms with Crippen LogP contribution in [-0.4, -0.2) is 60.2 Å². The summed E-state index contributed by atoms with van der Waals surface area (Å²) in [5.74, 6) is 1.96. The standard InChI is InChI=1S/C36H46BN3O6/c1-21(14-22(19-42-9)18-38-33(41)44-34(2,3)4)32-39-29-13-10-23-16-28-26-12-11-25(37-45-35(5,6)36(7,8)46-37)15-24(26)20-43-30(28)17-27(23)31(29)40-32/h10-13,15-17,21-22H,14,18-20H2,1-9H3,(H,38,41)(H,39,40)/t21-,22-/m0/s1. The molecule has 0 spiro atoms. The molecule has 1 amide bonds. The summed E-state index contributed by atoms with van der Waals surface area (Å²) in [6, 6.07) is 15.0. The lowest BCUT2D eigenvalue weighted by molar-refractivity contribution is 0.00578. The Morgan fingerprint density at radius 2 is 1.80 bits per heavy atom. The highest BCUT2D eigenvalue weighted by atomic mass is 16.7. The third-order valence-electron chi connectivity index (χ3n) is 9.40. The Labute approximate surface area is 271 Å². The molecule has 244 valence electrons. The molecule has 0 saturated carbocycles. The Bertz CT molecular complexity index is 1760. The van der Waals surface area contributed by atoms with Gasteiger partial charge in [0.15, 0.2) is 0 Å². The molecule has 46 heavy (non-hydrogen) atoms. The fourth-order valence-electron chi connectivity index (χ4n) is 6.28. The van der Waals surface area contributed by atoms with Gasteiger partial charge in [-0.15, -0.1) is 0 Å². The highest BCUT2D eigenvalue weighted by Crippen LogP contribution is 2.42. The molecule has 2 aliphatic heterocycles. The van der Waals surface area contributed by atoms with Crippen molar-refractivity contribution < 1.29 is 28.3 Å². The molecule has 2 aliphatic rings. The fraction of sp³-hybridized carbons (Fsp3) is 0.500. The van der Waals surface area contributed by atoms with Gasteiger partial charge in [-0.1, -0.05) is 31.2 Å². The number of aromatic nitrogens is 2. The van der Waals surface area contributed by atoms with Gasteiger partial charge in [0, 0.05) is 36.4 Å². The van der Waals surface area contributed by atoms with Crippen LogP contribution in [0.2, 0.25) is 0 Å². The van der Waals surface area contributed by atoms with E-state index in [1.807, 2.05) is 20.8 Å². The monoisotopic (exact) mass is 627 g/mol. The number of aromatic amines is 1. The predicted molar refractivity (Wildman–Crippen MR) is 182 cm³/mol. The summed E-state index contributed by atoms with van der Waals surface area (Å²) in [7, 11) is 1.27. The number of ether oxygens (including phenoxy) is 3. The SMILES string of the molecule is COC[C@H](CNC(=O)OC(C)(C)C)C[C@H](C)c1nc2c(ccc3cc4c(cc32)OCc2cc(B3OC(C)(C)C(C)(C)O3)ccc2-4)[nH]1. The van der Waals surface area contributed by atoms with Crippen LogP contribution in [0.15, 0.2) is 42.5 Å². The molecule has 3 aromatic carbocycles. The molecule has 0 bridgehead atoms. The van der Waals surface area contributed by atoms with E-state index in [9.17, 15) is 4.79 Å². The third kappa shape index (κ3) is 6.35. The normalized spacial score (nSPS) is 18.2. The van der Waals surface area contributed by atoms with E-state index in [0.29, 0.717) is 19.8 Å². The molecular weight excluding hydrogens is 581 g/mol. The number of hydrogen-bond donors (Lipinski definition) is 2. The molecule has 3 heterocycles.